The molecule has 0 fully saturated rings. The van der Waals surface area contributed by atoms with Crippen LogP contribution in [0.25, 0.3) is 11.0 Å². The molecule has 3 heterocycles. The highest BCUT2D eigenvalue weighted by molar-refractivity contribution is 5.74. The van der Waals surface area contributed by atoms with Crippen LogP contribution in [0, 0.1) is 0 Å². The molecule has 41 heavy (non-hydrogen) atoms. The van der Waals surface area contributed by atoms with Crippen LogP contribution < -0.4 is 5.32 Å². The third-order valence-corrected chi connectivity index (χ3v) is 8.11. The van der Waals surface area contributed by atoms with Crippen molar-refractivity contribution in [3.8, 4) is 0 Å². The molecular formula is C35H40N6. The minimum Gasteiger partial charge on any atom is -0.341 e. The molecule has 0 spiro atoms. The second-order valence-corrected chi connectivity index (χ2v) is 11.2. The Morgan fingerprint density at radius 2 is 1.83 bits per heavy atom. The van der Waals surface area contributed by atoms with Crippen molar-refractivity contribution in [2.24, 2.45) is 0 Å². The van der Waals surface area contributed by atoms with E-state index in [1.54, 1.807) is 0 Å². The largest absolute Gasteiger partial charge is 0.341 e. The lowest BCUT2D eigenvalue weighted by atomic mass is 9.90. The third-order valence-electron chi connectivity index (χ3n) is 8.11. The maximum Gasteiger partial charge on any atom is 0.121 e. The number of hydrogen-bond acceptors (Lipinski definition) is 5. The highest BCUT2D eigenvalue weighted by atomic mass is 15.2. The fourth-order valence-electron chi connectivity index (χ4n) is 5.99. The number of pyridine rings is 2. The minimum absolute atomic E-state index is 0.265. The first kappa shape index (κ1) is 27.3. The zero-order chi connectivity index (χ0) is 27.9. The van der Waals surface area contributed by atoms with E-state index in [9.17, 15) is 0 Å². The van der Waals surface area contributed by atoms with Gasteiger partial charge in [-0.2, -0.15) is 0 Å². The molecule has 210 valence electrons. The summed E-state index contributed by atoms with van der Waals surface area (Å²) in [6.07, 6.45) is 10.9. The maximum absolute atomic E-state index is 4.92. The van der Waals surface area contributed by atoms with Gasteiger partial charge in [-0.1, -0.05) is 61.9 Å². The monoisotopic (exact) mass is 544 g/mol. The van der Waals surface area contributed by atoms with Gasteiger partial charge in [0, 0.05) is 32.0 Å². The summed E-state index contributed by atoms with van der Waals surface area (Å²) in [5, 5.41) is 3.59. The quantitative estimate of drug-likeness (QED) is 0.176. The van der Waals surface area contributed by atoms with Gasteiger partial charge in [0.15, 0.2) is 0 Å². The lowest BCUT2D eigenvalue weighted by Crippen LogP contribution is -2.32. The SMILES string of the molecule is CCCCc1ccc(CNCc2cccc(CN(Cc3nc4ccccc4[nH]3)C3CCCc4cccnc43)c2)nc1. The predicted octanol–water partition coefficient (Wildman–Crippen LogP) is 7.07. The fourth-order valence-corrected chi connectivity index (χ4v) is 5.99. The lowest BCUT2D eigenvalue weighted by Gasteiger charge is -2.34. The van der Waals surface area contributed by atoms with Gasteiger partial charge in [0.05, 0.1) is 35.0 Å². The number of imidazole rings is 1. The molecule has 6 nitrogen and oxygen atoms in total. The third kappa shape index (κ3) is 6.89. The number of aromatic nitrogens is 4. The highest BCUT2D eigenvalue weighted by Crippen LogP contribution is 2.34. The van der Waals surface area contributed by atoms with Gasteiger partial charge >= 0.3 is 0 Å². The van der Waals surface area contributed by atoms with E-state index in [1.807, 2.05) is 18.5 Å². The number of para-hydroxylation sites is 2. The van der Waals surface area contributed by atoms with Crippen LogP contribution in [-0.4, -0.2) is 24.8 Å². The average molecular weight is 545 g/mol. The number of nitrogens with one attached hydrogen (secondary N) is 2. The van der Waals surface area contributed by atoms with Crippen molar-refractivity contribution in [2.75, 3.05) is 0 Å². The number of hydrogen-bond donors (Lipinski definition) is 2. The number of aryl methyl sites for hydroxylation is 2. The van der Waals surface area contributed by atoms with Crippen molar-refractivity contribution in [3.05, 3.63) is 125 Å². The molecule has 6 heteroatoms. The summed E-state index contributed by atoms with van der Waals surface area (Å²) in [5.74, 6) is 1.00. The molecule has 1 unspecified atom stereocenters. The molecule has 1 aliphatic carbocycles. The Morgan fingerprint density at radius 1 is 0.902 bits per heavy atom. The van der Waals surface area contributed by atoms with Crippen LogP contribution >= 0.6 is 0 Å². The molecule has 1 aliphatic rings. The van der Waals surface area contributed by atoms with Crippen LogP contribution in [0.5, 0.6) is 0 Å². The molecule has 2 aromatic carbocycles. The van der Waals surface area contributed by atoms with Crippen molar-refractivity contribution >= 4 is 11.0 Å². The molecule has 0 bridgehead atoms. The number of H-pyrrole nitrogens is 1. The first-order chi connectivity index (χ1) is 20.2. The summed E-state index contributed by atoms with van der Waals surface area (Å²) >= 11 is 0. The van der Waals surface area contributed by atoms with Crippen LogP contribution in [0.3, 0.4) is 0 Å². The Hall–Kier alpha value is -3.87. The van der Waals surface area contributed by atoms with E-state index in [0.717, 1.165) is 68.0 Å². The van der Waals surface area contributed by atoms with E-state index >= 15 is 0 Å². The van der Waals surface area contributed by atoms with Gasteiger partial charge in [0.2, 0.25) is 0 Å². The summed E-state index contributed by atoms with van der Waals surface area (Å²) in [6, 6.07) is 26.2. The Morgan fingerprint density at radius 3 is 2.71 bits per heavy atom. The zero-order valence-corrected chi connectivity index (χ0v) is 24.0. The van der Waals surface area contributed by atoms with Crippen molar-refractivity contribution in [1.82, 2.24) is 30.2 Å². The molecule has 0 saturated carbocycles. The van der Waals surface area contributed by atoms with Crippen molar-refractivity contribution in [1.29, 1.82) is 0 Å². The van der Waals surface area contributed by atoms with Crippen LogP contribution in [0.2, 0.25) is 0 Å². The van der Waals surface area contributed by atoms with Gasteiger partial charge in [-0.25, -0.2) is 4.98 Å². The van der Waals surface area contributed by atoms with Crippen LogP contribution in [0.4, 0.5) is 0 Å². The number of aromatic amines is 1. The van der Waals surface area contributed by atoms with E-state index in [4.69, 9.17) is 9.97 Å². The smallest absolute Gasteiger partial charge is 0.121 e. The Bertz CT molecular complexity index is 1520. The Labute approximate surface area is 243 Å². The molecule has 1 atom stereocenters. The zero-order valence-electron chi connectivity index (χ0n) is 24.0. The summed E-state index contributed by atoms with van der Waals surface area (Å²) in [4.78, 5) is 20.6. The molecule has 0 aliphatic heterocycles. The normalized spacial score (nSPS) is 14.9. The van der Waals surface area contributed by atoms with Gasteiger partial charge in [-0.3, -0.25) is 14.9 Å². The molecule has 0 radical (unpaired) electrons. The van der Waals surface area contributed by atoms with Crippen LogP contribution in [0.15, 0.2) is 85.2 Å². The van der Waals surface area contributed by atoms with E-state index in [0.29, 0.717) is 0 Å². The van der Waals surface area contributed by atoms with Gasteiger partial charge < -0.3 is 10.3 Å². The predicted molar refractivity (Wildman–Crippen MR) is 165 cm³/mol. The van der Waals surface area contributed by atoms with E-state index in [1.165, 1.54) is 47.2 Å². The molecule has 0 amide bonds. The van der Waals surface area contributed by atoms with E-state index < -0.39 is 0 Å². The topological polar surface area (TPSA) is 69.7 Å². The second-order valence-electron chi connectivity index (χ2n) is 11.2. The first-order valence-corrected chi connectivity index (χ1v) is 15.1. The summed E-state index contributed by atoms with van der Waals surface area (Å²) in [5.41, 5.74) is 9.71. The molecular weight excluding hydrogens is 504 g/mol. The molecule has 2 N–H and O–H groups in total. The molecule has 3 aromatic heterocycles. The van der Waals surface area contributed by atoms with Crippen molar-refractivity contribution in [3.63, 3.8) is 0 Å². The summed E-state index contributed by atoms with van der Waals surface area (Å²) in [7, 11) is 0. The van der Waals surface area contributed by atoms with Gasteiger partial charge in [0.1, 0.15) is 5.82 Å². The summed E-state index contributed by atoms with van der Waals surface area (Å²) < 4.78 is 0. The van der Waals surface area contributed by atoms with Gasteiger partial charge in [0.25, 0.3) is 0 Å². The second kappa shape index (κ2) is 13.2. The van der Waals surface area contributed by atoms with E-state index in [-0.39, 0.29) is 6.04 Å². The van der Waals surface area contributed by atoms with Gasteiger partial charge in [-0.15, -0.1) is 0 Å². The highest BCUT2D eigenvalue weighted by Gasteiger charge is 2.28. The number of fused-ring (bicyclic) bond motifs is 2. The number of rotatable bonds is 12. The van der Waals surface area contributed by atoms with Crippen LogP contribution in [0.1, 0.15) is 78.1 Å². The average Bonchev–Trinajstić information content (AvgIpc) is 3.43. The van der Waals surface area contributed by atoms with Crippen molar-refractivity contribution < 1.29 is 0 Å². The number of unbranched alkanes of at least 4 members (excludes halogenated alkanes) is 1. The number of benzene rings is 2. The molecule has 0 saturated heterocycles. The molecule has 5 aromatic rings. The first-order valence-electron chi connectivity index (χ1n) is 15.1. The summed E-state index contributed by atoms with van der Waals surface area (Å²) in [6.45, 7) is 5.39. The molecule has 6 rings (SSSR count). The maximum atomic E-state index is 4.92. The Kier molecular flexibility index (Phi) is 8.79. The Balaban J connectivity index is 1.16. The van der Waals surface area contributed by atoms with Crippen molar-refractivity contribution in [2.45, 2.75) is 77.7 Å². The standard InChI is InChI=1S/C35H40N6/c1-2-3-9-26-17-18-30(38-22-26)23-36-21-27-10-6-11-28(20-27)24-41(25-34-39-31-14-4-5-15-32(31)40-34)33-16-7-12-29-13-8-19-37-35(29)33/h4-6,8,10-11,13-15,17-20,22,33,36H,2-3,7,9,12,16,21,23-25H2,1H3,(H,39,40). The lowest BCUT2D eigenvalue weighted by molar-refractivity contribution is 0.153. The fraction of sp³-hybridized carbons (Fsp3) is 0.343. The minimum atomic E-state index is 0.265. The van der Waals surface area contributed by atoms with E-state index in [2.05, 4.69) is 93.8 Å². The number of nitrogens with zero attached hydrogens (tertiary/aromatic N) is 4. The van der Waals surface area contributed by atoms with Gasteiger partial charge in [-0.05, 0) is 78.6 Å². The van der Waals surface area contributed by atoms with Crippen LogP contribution in [-0.2, 0) is 39.0 Å².